The summed E-state index contributed by atoms with van der Waals surface area (Å²) >= 11 is 0. The molecule has 0 aliphatic rings. The number of hydrogen-bond donors (Lipinski definition) is 5. The number of rotatable bonds is 10. The minimum atomic E-state index is -0.332. The molecule has 7 N–H and O–H groups in total. The van der Waals surface area contributed by atoms with Crippen LogP contribution >= 0.6 is 0 Å². The summed E-state index contributed by atoms with van der Waals surface area (Å²) < 4.78 is 0. The molecule has 168 valence electrons. The van der Waals surface area contributed by atoms with E-state index >= 15 is 0 Å². The van der Waals surface area contributed by atoms with Gasteiger partial charge in [-0.15, -0.1) is 0 Å². The Morgan fingerprint density at radius 3 is 1.97 bits per heavy atom. The molecular weight excluding hydrogens is 382 g/mol. The summed E-state index contributed by atoms with van der Waals surface area (Å²) in [6.07, 6.45) is 0.755. The van der Waals surface area contributed by atoms with Crippen molar-refractivity contribution in [2.75, 3.05) is 18.4 Å². The molecule has 8 nitrogen and oxygen atoms in total. The predicted octanol–water partition coefficient (Wildman–Crippen LogP) is 1.85. The molecule has 0 saturated carbocycles. The van der Waals surface area contributed by atoms with E-state index in [0.29, 0.717) is 24.3 Å². The highest BCUT2D eigenvalue weighted by atomic mass is 16.2. The van der Waals surface area contributed by atoms with Crippen LogP contribution in [0.3, 0.4) is 0 Å². The van der Waals surface area contributed by atoms with Crippen LogP contribution in [-0.4, -0.2) is 42.9 Å². The van der Waals surface area contributed by atoms with E-state index in [9.17, 15) is 14.4 Å². The van der Waals surface area contributed by atoms with Crippen LogP contribution in [0.4, 0.5) is 5.69 Å². The number of nitrogens with one attached hydrogen (secondary N) is 3. The predicted molar refractivity (Wildman–Crippen MR) is 120 cm³/mol. The van der Waals surface area contributed by atoms with Crippen molar-refractivity contribution in [3.63, 3.8) is 0 Å². The quantitative estimate of drug-likeness (QED) is 0.394. The van der Waals surface area contributed by atoms with E-state index in [1.165, 1.54) is 13.0 Å². The first-order valence-electron chi connectivity index (χ1n) is 10.3. The first-order valence-corrected chi connectivity index (χ1v) is 10.3. The van der Waals surface area contributed by atoms with Crippen LogP contribution < -0.4 is 27.4 Å². The fraction of sp³-hybridized carbons (Fsp3) is 0.591. The molecular formula is C22H37N5O3. The third-order valence-electron chi connectivity index (χ3n) is 4.86. The third kappa shape index (κ3) is 8.92. The number of amides is 3. The first kappa shape index (κ1) is 25.6. The molecule has 0 bridgehead atoms. The van der Waals surface area contributed by atoms with E-state index in [1.807, 2.05) is 34.6 Å². The Morgan fingerprint density at radius 1 is 0.967 bits per heavy atom. The van der Waals surface area contributed by atoms with Crippen LogP contribution in [-0.2, 0) is 4.79 Å². The van der Waals surface area contributed by atoms with E-state index < -0.39 is 0 Å². The topological polar surface area (TPSA) is 139 Å². The molecule has 1 rings (SSSR count). The van der Waals surface area contributed by atoms with Gasteiger partial charge in [-0.25, -0.2) is 0 Å². The van der Waals surface area contributed by atoms with Gasteiger partial charge >= 0.3 is 0 Å². The van der Waals surface area contributed by atoms with Gasteiger partial charge in [0.05, 0.1) is 0 Å². The van der Waals surface area contributed by atoms with Crippen LogP contribution in [0, 0.1) is 11.3 Å². The lowest BCUT2D eigenvalue weighted by atomic mass is 9.86. The largest absolute Gasteiger partial charge is 0.352 e. The lowest BCUT2D eigenvalue weighted by Gasteiger charge is -2.27. The summed E-state index contributed by atoms with van der Waals surface area (Å²) in [4.78, 5) is 36.8. The maximum Gasteiger partial charge on any atom is 0.251 e. The number of anilines is 1. The number of carbonyl (C=O) groups is 3. The van der Waals surface area contributed by atoms with Gasteiger partial charge in [-0.1, -0.05) is 20.8 Å². The molecule has 8 heteroatoms. The molecule has 3 atom stereocenters. The number of nitrogens with two attached hydrogens (primary N) is 2. The summed E-state index contributed by atoms with van der Waals surface area (Å²) in [5.74, 6) is -0.844. The minimum absolute atomic E-state index is 0.0222. The molecule has 30 heavy (non-hydrogen) atoms. The highest BCUT2D eigenvalue weighted by Crippen LogP contribution is 2.21. The van der Waals surface area contributed by atoms with Crippen LogP contribution in [0.15, 0.2) is 18.2 Å². The Kier molecular flexibility index (Phi) is 9.45. The van der Waals surface area contributed by atoms with E-state index in [-0.39, 0.29) is 46.7 Å². The molecule has 0 aliphatic carbocycles. The van der Waals surface area contributed by atoms with Crippen molar-refractivity contribution in [2.45, 2.75) is 60.0 Å². The van der Waals surface area contributed by atoms with Crippen LogP contribution in [0.2, 0.25) is 0 Å². The molecule has 0 saturated heterocycles. The molecule has 0 radical (unpaired) electrons. The van der Waals surface area contributed by atoms with E-state index in [2.05, 4.69) is 16.0 Å². The lowest BCUT2D eigenvalue weighted by Crippen LogP contribution is -2.37. The number of hydrogen-bond acceptors (Lipinski definition) is 5. The van der Waals surface area contributed by atoms with E-state index in [4.69, 9.17) is 11.5 Å². The Morgan fingerprint density at radius 2 is 1.50 bits per heavy atom. The standard InChI is InChI=1S/C22H37N5O3/c1-13(15(3)24)11-25-20(29)17-7-18(9-19(8-17)27-16(4)28)21(30)26-12-22(5,6)10-14(2)23/h7-9,13-15H,10-12,23-24H2,1-6H3,(H,25,29)(H,26,30)(H,27,28). The normalized spacial score (nSPS) is 14.4. The van der Waals surface area contributed by atoms with Gasteiger partial charge in [0.25, 0.3) is 11.8 Å². The van der Waals surface area contributed by atoms with Crippen molar-refractivity contribution in [1.82, 2.24) is 10.6 Å². The Hall–Kier alpha value is -2.45. The maximum absolute atomic E-state index is 12.7. The lowest BCUT2D eigenvalue weighted by molar-refractivity contribution is -0.114. The van der Waals surface area contributed by atoms with Gasteiger partial charge in [-0.3, -0.25) is 14.4 Å². The molecule has 3 unspecified atom stereocenters. The van der Waals surface area contributed by atoms with Gasteiger partial charge in [-0.05, 0) is 49.8 Å². The van der Waals surface area contributed by atoms with Crippen molar-refractivity contribution >= 4 is 23.4 Å². The highest BCUT2D eigenvalue weighted by Gasteiger charge is 2.22. The zero-order chi connectivity index (χ0) is 23.1. The van der Waals surface area contributed by atoms with Crippen LogP contribution in [0.5, 0.6) is 0 Å². The molecule has 1 aromatic carbocycles. The molecule has 0 spiro atoms. The van der Waals surface area contributed by atoms with E-state index in [1.54, 1.807) is 12.1 Å². The van der Waals surface area contributed by atoms with Crippen molar-refractivity contribution in [1.29, 1.82) is 0 Å². The summed E-state index contributed by atoms with van der Waals surface area (Å²) in [5, 5.41) is 8.37. The average molecular weight is 420 g/mol. The van der Waals surface area contributed by atoms with Gasteiger partial charge in [0.15, 0.2) is 0 Å². The van der Waals surface area contributed by atoms with Crippen LogP contribution in [0.1, 0.15) is 68.7 Å². The third-order valence-corrected chi connectivity index (χ3v) is 4.86. The van der Waals surface area contributed by atoms with Gasteiger partial charge in [0.1, 0.15) is 0 Å². The fourth-order valence-corrected chi connectivity index (χ4v) is 3.07. The Balaban J connectivity index is 3.01. The average Bonchev–Trinajstić information content (AvgIpc) is 2.61. The summed E-state index contributed by atoms with van der Waals surface area (Å²) in [6, 6.07) is 4.58. The van der Waals surface area contributed by atoms with Crippen LogP contribution in [0.25, 0.3) is 0 Å². The molecule has 0 heterocycles. The van der Waals surface area contributed by atoms with Gasteiger partial charge in [-0.2, -0.15) is 0 Å². The van der Waals surface area contributed by atoms with Crippen molar-refractivity contribution < 1.29 is 14.4 Å². The Labute approximate surface area is 179 Å². The highest BCUT2D eigenvalue weighted by molar-refractivity contribution is 6.02. The minimum Gasteiger partial charge on any atom is -0.352 e. The first-order chi connectivity index (χ1) is 13.8. The second kappa shape index (κ2) is 11.1. The van der Waals surface area contributed by atoms with Gasteiger partial charge in [0, 0.05) is 48.9 Å². The van der Waals surface area contributed by atoms with Gasteiger partial charge < -0.3 is 27.4 Å². The summed E-state index contributed by atoms with van der Waals surface area (Å²) in [6.45, 7) is 12.0. The van der Waals surface area contributed by atoms with Gasteiger partial charge in [0.2, 0.25) is 5.91 Å². The number of carbonyl (C=O) groups excluding carboxylic acids is 3. The smallest absolute Gasteiger partial charge is 0.251 e. The second-order valence-electron chi connectivity index (χ2n) is 9.05. The molecule has 0 aliphatic heterocycles. The second-order valence-corrected chi connectivity index (χ2v) is 9.05. The molecule has 0 aromatic heterocycles. The molecule has 3 amide bonds. The zero-order valence-corrected chi connectivity index (χ0v) is 19.0. The number of benzene rings is 1. The molecule has 0 fully saturated rings. The monoisotopic (exact) mass is 419 g/mol. The zero-order valence-electron chi connectivity index (χ0n) is 19.0. The SMILES string of the molecule is CC(=O)Nc1cc(C(=O)NCC(C)C(C)N)cc(C(=O)NCC(C)(C)CC(C)N)c1. The molecule has 1 aromatic rings. The van der Waals surface area contributed by atoms with E-state index in [0.717, 1.165) is 6.42 Å². The summed E-state index contributed by atoms with van der Waals surface area (Å²) in [5.41, 5.74) is 12.5. The Bertz CT molecular complexity index is 759. The fourth-order valence-electron chi connectivity index (χ4n) is 3.07. The summed E-state index contributed by atoms with van der Waals surface area (Å²) in [7, 11) is 0. The maximum atomic E-state index is 12.7. The van der Waals surface area contributed by atoms with Crippen molar-refractivity contribution in [2.24, 2.45) is 22.8 Å². The van der Waals surface area contributed by atoms with Crippen molar-refractivity contribution in [3.05, 3.63) is 29.3 Å². The van der Waals surface area contributed by atoms with Crippen molar-refractivity contribution in [3.8, 4) is 0 Å².